The van der Waals surface area contributed by atoms with Crippen molar-refractivity contribution in [3.8, 4) is 0 Å². The van der Waals surface area contributed by atoms with Gasteiger partial charge in [-0.3, -0.25) is 4.72 Å². The van der Waals surface area contributed by atoms with Crippen molar-refractivity contribution < 1.29 is 13.2 Å². The summed E-state index contributed by atoms with van der Waals surface area (Å²) >= 11 is 0. The summed E-state index contributed by atoms with van der Waals surface area (Å²) in [6, 6.07) is 6.90. The van der Waals surface area contributed by atoms with Gasteiger partial charge in [-0.15, -0.1) is 0 Å². The minimum Gasteiger partial charge on any atom is -0.338 e. The molecule has 0 radical (unpaired) electrons. The molecule has 3 N–H and O–H groups in total. The summed E-state index contributed by atoms with van der Waals surface area (Å²) in [5.74, 6) is 2.81. The number of sulfonamides is 1. The summed E-state index contributed by atoms with van der Waals surface area (Å²) < 4.78 is 25.1. The number of anilines is 1. The second-order valence-electron chi connectivity index (χ2n) is 9.35. The summed E-state index contributed by atoms with van der Waals surface area (Å²) in [5, 5.41) is 5.89. The molecule has 5 rings (SSSR count). The molecule has 0 unspecified atom stereocenters. The van der Waals surface area contributed by atoms with Crippen molar-refractivity contribution in [3.05, 3.63) is 29.8 Å². The van der Waals surface area contributed by atoms with E-state index in [-0.39, 0.29) is 6.03 Å². The molecule has 1 aromatic rings. The fourth-order valence-corrected chi connectivity index (χ4v) is 6.80. The lowest BCUT2D eigenvalue weighted by atomic mass is 9.49. The van der Waals surface area contributed by atoms with Crippen LogP contribution in [-0.2, 0) is 16.6 Å². The normalized spacial score (nSPS) is 30.8. The number of benzene rings is 1. The van der Waals surface area contributed by atoms with E-state index in [0.717, 1.165) is 42.5 Å². The fraction of sp³-hybridized carbons (Fsp3) is 0.667. The first-order valence-corrected chi connectivity index (χ1v) is 12.3. The van der Waals surface area contributed by atoms with Crippen LogP contribution in [0.1, 0.15) is 50.5 Å². The van der Waals surface area contributed by atoms with Crippen LogP contribution in [0.3, 0.4) is 0 Å². The van der Waals surface area contributed by atoms with E-state index in [9.17, 15) is 13.2 Å². The predicted octanol–water partition coefficient (Wildman–Crippen LogP) is 3.46. The Balaban J connectivity index is 1.22. The summed E-state index contributed by atoms with van der Waals surface area (Å²) in [6.07, 6.45) is 10.6. The molecule has 0 saturated heterocycles. The minimum atomic E-state index is -3.31. The number of carbonyl (C=O) groups is 1. The number of hydrogen-bond donors (Lipinski definition) is 3. The number of rotatable bonds is 7. The molecular weight excluding hydrogens is 374 g/mol. The molecule has 1 aromatic carbocycles. The first kappa shape index (κ1) is 19.6. The monoisotopic (exact) mass is 405 g/mol. The first-order chi connectivity index (χ1) is 13.3. The van der Waals surface area contributed by atoms with Crippen LogP contribution in [-0.4, -0.2) is 27.2 Å². The van der Waals surface area contributed by atoms with Gasteiger partial charge in [-0.05, 0) is 85.8 Å². The zero-order chi connectivity index (χ0) is 19.8. The molecule has 0 aromatic heterocycles. The molecule has 4 aliphatic rings. The van der Waals surface area contributed by atoms with Gasteiger partial charge in [-0.1, -0.05) is 12.1 Å². The molecule has 0 spiro atoms. The summed E-state index contributed by atoms with van der Waals surface area (Å²) in [6.45, 7) is 1.09. The van der Waals surface area contributed by atoms with Gasteiger partial charge < -0.3 is 10.6 Å². The maximum atomic E-state index is 12.2. The highest BCUT2D eigenvalue weighted by Gasteiger charge is 2.50. The number of nitrogens with one attached hydrogen (secondary N) is 3. The Morgan fingerprint density at radius 3 is 2.32 bits per heavy atom. The van der Waals surface area contributed by atoms with Crippen LogP contribution in [0.4, 0.5) is 10.5 Å². The van der Waals surface area contributed by atoms with Gasteiger partial charge >= 0.3 is 6.03 Å². The van der Waals surface area contributed by atoms with Crippen molar-refractivity contribution >= 4 is 21.7 Å². The second kappa shape index (κ2) is 7.58. The van der Waals surface area contributed by atoms with Crippen LogP contribution in [0.5, 0.6) is 0 Å². The second-order valence-corrected chi connectivity index (χ2v) is 11.1. The SMILES string of the molecule is CS(=O)(=O)Nc1cccc(CNC(=O)NCCC23CC4CC(CC(C4)C2)C3)c1. The molecule has 4 bridgehead atoms. The van der Waals surface area contributed by atoms with Gasteiger partial charge in [-0.2, -0.15) is 0 Å². The highest BCUT2D eigenvalue weighted by atomic mass is 32.2. The average Bonchev–Trinajstić information content (AvgIpc) is 2.57. The number of carbonyl (C=O) groups excluding carboxylic acids is 1. The van der Waals surface area contributed by atoms with Gasteiger partial charge in [0.05, 0.1) is 6.26 Å². The lowest BCUT2D eigenvalue weighted by Crippen LogP contribution is -2.47. The lowest BCUT2D eigenvalue weighted by Gasteiger charge is -2.57. The van der Waals surface area contributed by atoms with E-state index >= 15 is 0 Å². The third-order valence-corrected chi connectivity index (χ3v) is 7.40. The standard InChI is InChI=1S/C21H31N3O3S/c1-28(26,27)24-19-4-2-3-15(10-19)14-23-20(25)22-6-5-21-11-16-7-17(12-21)9-18(8-16)13-21/h2-4,10,16-18,24H,5-9,11-14H2,1H3,(H2,22,23,25). The van der Waals surface area contributed by atoms with Gasteiger partial charge in [0.1, 0.15) is 0 Å². The quantitative estimate of drug-likeness (QED) is 0.649. The maximum absolute atomic E-state index is 12.2. The van der Waals surface area contributed by atoms with Crippen molar-refractivity contribution in [1.82, 2.24) is 10.6 Å². The lowest BCUT2D eigenvalue weighted by molar-refractivity contribution is -0.0563. The van der Waals surface area contributed by atoms with Crippen LogP contribution < -0.4 is 15.4 Å². The number of urea groups is 1. The van der Waals surface area contributed by atoms with Crippen molar-refractivity contribution in [1.29, 1.82) is 0 Å². The molecule has 0 aliphatic heterocycles. The van der Waals surface area contributed by atoms with Crippen molar-refractivity contribution in [2.24, 2.45) is 23.2 Å². The van der Waals surface area contributed by atoms with E-state index in [1.165, 1.54) is 38.5 Å². The summed E-state index contributed by atoms with van der Waals surface area (Å²) in [7, 11) is -3.31. The largest absolute Gasteiger partial charge is 0.338 e. The molecule has 0 atom stereocenters. The molecule has 2 amide bonds. The molecule has 0 heterocycles. The Kier molecular flexibility index (Phi) is 5.29. The third kappa shape index (κ3) is 4.80. The highest BCUT2D eigenvalue weighted by molar-refractivity contribution is 7.92. The maximum Gasteiger partial charge on any atom is 0.315 e. The van der Waals surface area contributed by atoms with E-state index in [1.54, 1.807) is 18.2 Å². The number of amides is 2. The zero-order valence-corrected chi connectivity index (χ0v) is 17.4. The fourth-order valence-electron chi connectivity index (χ4n) is 6.24. The Labute approximate surface area is 167 Å². The molecule has 4 aliphatic carbocycles. The van der Waals surface area contributed by atoms with E-state index in [1.807, 2.05) is 6.07 Å². The van der Waals surface area contributed by atoms with Gasteiger partial charge in [-0.25, -0.2) is 13.2 Å². The predicted molar refractivity (Wildman–Crippen MR) is 110 cm³/mol. The smallest absolute Gasteiger partial charge is 0.315 e. The van der Waals surface area contributed by atoms with Gasteiger partial charge in [0.15, 0.2) is 0 Å². The summed E-state index contributed by atoms with van der Waals surface area (Å²) in [5.41, 5.74) is 1.84. The van der Waals surface area contributed by atoms with Crippen molar-refractivity contribution in [2.45, 2.75) is 51.5 Å². The van der Waals surface area contributed by atoms with E-state index in [0.29, 0.717) is 17.6 Å². The van der Waals surface area contributed by atoms with Crippen LogP contribution in [0.2, 0.25) is 0 Å². The Morgan fingerprint density at radius 1 is 1.07 bits per heavy atom. The van der Waals surface area contributed by atoms with Crippen LogP contribution in [0, 0.1) is 23.2 Å². The van der Waals surface area contributed by atoms with E-state index in [2.05, 4.69) is 15.4 Å². The Bertz CT molecular complexity index is 802. The zero-order valence-electron chi connectivity index (χ0n) is 16.5. The van der Waals surface area contributed by atoms with Gasteiger partial charge in [0.2, 0.25) is 10.0 Å². The van der Waals surface area contributed by atoms with Crippen LogP contribution in [0.25, 0.3) is 0 Å². The van der Waals surface area contributed by atoms with Crippen molar-refractivity contribution in [3.63, 3.8) is 0 Å². The molecule has 7 heteroatoms. The molecule has 4 fully saturated rings. The molecule has 154 valence electrons. The molecular formula is C21H31N3O3S. The topological polar surface area (TPSA) is 87.3 Å². The Hall–Kier alpha value is -1.76. The molecule has 28 heavy (non-hydrogen) atoms. The van der Waals surface area contributed by atoms with Gasteiger partial charge in [0, 0.05) is 18.8 Å². The third-order valence-electron chi connectivity index (χ3n) is 6.79. The number of hydrogen-bond acceptors (Lipinski definition) is 3. The van der Waals surface area contributed by atoms with Crippen molar-refractivity contribution in [2.75, 3.05) is 17.5 Å². The van der Waals surface area contributed by atoms with E-state index in [4.69, 9.17) is 0 Å². The molecule has 6 nitrogen and oxygen atoms in total. The highest BCUT2D eigenvalue weighted by Crippen LogP contribution is 2.61. The van der Waals surface area contributed by atoms with E-state index < -0.39 is 10.0 Å². The van der Waals surface area contributed by atoms with Gasteiger partial charge in [0.25, 0.3) is 0 Å². The Morgan fingerprint density at radius 2 is 1.71 bits per heavy atom. The average molecular weight is 406 g/mol. The minimum absolute atomic E-state index is 0.161. The summed E-state index contributed by atoms with van der Waals surface area (Å²) in [4.78, 5) is 12.2. The molecule has 4 saturated carbocycles. The van der Waals surface area contributed by atoms with Crippen LogP contribution >= 0.6 is 0 Å². The van der Waals surface area contributed by atoms with Crippen LogP contribution in [0.15, 0.2) is 24.3 Å². The first-order valence-electron chi connectivity index (χ1n) is 10.4.